The molecule has 1 atom stereocenters. The van der Waals surface area contributed by atoms with E-state index in [0.717, 1.165) is 4.31 Å². The lowest BCUT2D eigenvalue weighted by molar-refractivity contribution is -0.140. The molecule has 226 valence electrons. The van der Waals surface area contributed by atoms with Crippen molar-refractivity contribution < 1.29 is 22.7 Å². The van der Waals surface area contributed by atoms with Gasteiger partial charge in [-0.15, -0.1) is 0 Å². The molecule has 0 radical (unpaired) electrons. The van der Waals surface area contributed by atoms with Crippen LogP contribution < -0.4 is 14.4 Å². The summed E-state index contributed by atoms with van der Waals surface area (Å²) in [6.07, 6.45) is 0.995. The lowest BCUT2D eigenvalue weighted by atomic mass is 10.1. The maximum atomic E-state index is 14.2. The number of carbonyl (C=O) groups is 2. The topological polar surface area (TPSA) is 96.0 Å². The largest absolute Gasteiger partial charge is 0.494 e. The number of nitrogens with one attached hydrogen (secondary N) is 1. The Hall–Kier alpha value is -2.79. The maximum Gasteiger partial charge on any atom is 0.264 e. The molecule has 3 aromatic carbocycles. The second-order valence-corrected chi connectivity index (χ2v) is 12.9. The van der Waals surface area contributed by atoms with Gasteiger partial charge in [-0.3, -0.25) is 13.9 Å². The SMILES string of the molecule is CCCNC(=O)[C@H](CC)N(Cc1c(Cl)cccc1Cl)C(=O)CN(c1ccc(OCC)cc1)S(=O)(=O)c1ccc(Br)cc1. The van der Waals surface area contributed by atoms with Crippen molar-refractivity contribution in [1.29, 1.82) is 0 Å². The minimum atomic E-state index is -4.21. The second kappa shape index (κ2) is 15.6. The number of halogens is 3. The summed E-state index contributed by atoms with van der Waals surface area (Å²) in [7, 11) is -4.21. The number of hydrogen-bond acceptors (Lipinski definition) is 5. The molecule has 0 spiro atoms. The quantitative estimate of drug-likeness (QED) is 0.203. The zero-order valence-corrected chi connectivity index (χ0v) is 27.6. The summed E-state index contributed by atoms with van der Waals surface area (Å²) in [6.45, 7) is 5.76. The van der Waals surface area contributed by atoms with E-state index in [4.69, 9.17) is 27.9 Å². The molecular formula is C30H34BrCl2N3O5S. The Labute approximate surface area is 266 Å². The van der Waals surface area contributed by atoms with Gasteiger partial charge in [-0.25, -0.2) is 8.42 Å². The first-order valence-electron chi connectivity index (χ1n) is 13.5. The molecule has 2 amide bonds. The number of benzene rings is 3. The Morgan fingerprint density at radius 3 is 2.12 bits per heavy atom. The van der Waals surface area contributed by atoms with Gasteiger partial charge in [0.05, 0.1) is 17.2 Å². The summed E-state index contributed by atoms with van der Waals surface area (Å²) in [4.78, 5) is 28.7. The lowest BCUT2D eigenvalue weighted by Gasteiger charge is -2.33. The fraction of sp³-hybridized carbons (Fsp3) is 0.333. The number of sulfonamides is 1. The molecule has 0 bridgehead atoms. The summed E-state index contributed by atoms with van der Waals surface area (Å²) in [5.74, 6) is -0.388. The minimum absolute atomic E-state index is 0.000753. The maximum absolute atomic E-state index is 14.2. The van der Waals surface area contributed by atoms with Crippen LogP contribution in [0.2, 0.25) is 10.0 Å². The number of amides is 2. The highest BCUT2D eigenvalue weighted by atomic mass is 79.9. The molecule has 0 saturated carbocycles. The van der Waals surface area contributed by atoms with Crippen LogP contribution in [0.25, 0.3) is 0 Å². The van der Waals surface area contributed by atoms with Gasteiger partial charge in [0.25, 0.3) is 10.0 Å². The van der Waals surface area contributed by atoms with E-state index in [-0.39, 0.29) is 29.5 Å². The molecule has 12 heteroatoms. The highest BCUT2D eigenvalue weighted by molar-refractivity contribution is 9.10. The molecule has 1 N–H and O–H groups in total. The van der Waals surface area contributed by atoms with E-state index in [2.05, 4.69) is 21.2 Å². The molecule has 42 heavy (non-hydrogen) atoms. The van der Waals surface area contributed by atoms with E-state index >= 15 is 0 Å². The summed E-state index contributed by atoms with van der Waals surface area (Å²) in [6, 6.07) is 16.7. The molecule has 0 aromatic heterocycles. The van der Waals surface area contributed by atoms with Gasteiger partial charge in [0.15, 0.2) is 0 Å². The van der Waals surface area contributed by atoms with E-state index in [0.29, 0.717) is 45.4 Å². The first-order chi connectivity index (χ1) is 20.0. The van der Waals surface area contributed by atoms with Crippen molar-refractivity contribution in [1.82, 2.24) is 10.2 Å². The Balaban J connectivity index is 2.09. The van der Waals surface area contributed by atoms with Crippen LogP contribution in [-0.2, 0) is 26.2 Å². The average molecular weight is 699 g/mol. The molecule has 0 aliphatic carbocycles. The van der Waals surface area contributed by atoms with Gasteiger partial charge in [-0.2, -0.15) is 0 Å². The average Bonchev–Trinajstić information content (AvgIpc) is 2.97. The zero-order chi connectivity index (χ0) is 30.9. The Bertz CT molecular complexity index is 1450. The standard InChI is InChI=1S/C30H34BrCl2N3O5S/c1-4-18-34-30(38)28(5-2)35(19-25-26(32)8-7-9-27(25)33)29(37)20-36(22-12-14-23(15-13-22)41-6-3)42(39,40)24-16-10-21(31)11-17-24/h7-17,28H,4-6,18-20H2,1-3H3,(H,34,38)/t28-/m0/s1. The van der Waals surface area contributed by atoms with Gasteiger partial charge < -0.3 is 15.0 Å². The first kappa shape index (κ1) is 33.7. The zero-order valence-electron chi connectivity index (χ0n) is 23.6. The van der Waals surface area contributed by atoms with E-state index < -0.39 is 28.5 Å². The fourth-order valence-corrected chi connectivity index (χ4v) is 6.47. The van der Waals surface area contributed by atoms with Gasteiger partial charge in [0.2, 0.25) is 11.8 Å². The third kappa shape index (κ3) is 8.40. The molecule has 3 aromatic rings. The van der Waals surface area contributed by atoms with Gasteiger partial charge in [0.1, 0.15) is 18.3 Å². The summed E-state index contributed by atoms with van der Waals surface area (Å²) in [5.41, 5.74) is 0.716. The summed E-state index contributed by atoms with van der Waals surface area (Å²) >= 11 is 16.2. The predicted molar refractivity (Wildman–Crippen MR) is 171 cm³/mol. The van der Waals surface area contributed by atoms with Gasteiger partial charge in [-0.1, -0.05) is 59.0 Å². The number of ether oxygens (including phenoxy) is 1. The lowest BCUT2D eigenvalue weighted by Crippen LogP contribution is -2.52. The van der Waals surface area contributed by atoms with Gasteiger partial charge in [0, 0.05) is 33.2 Å². The third-order valence-corrected chi connectivity index (χ3v) is 9.47. The van der Waals surface area contributed by atoms with Crippen molar-refractivity contribution in [3.05, 3.63) is 86.8 Å². The normalized spacial score (nSPS) is 12.0. The number of nitrogens with zero attached hydrogens (tertiary/aromatic N) is 2. The van der Waals surface area contributed by atoms with E-state index in [9.17, 15) is 18.0 Å². The highest BCUT2D eigenvalue weighted by Gasteiger charge is 2.34. The minimum Gasteiger partial charge on any atom is -0.494 e. The van der Waals surface area contributed by atoms with Crippen molar-refractivity contribution in [2.75, 3.05) is 24.0 Å². The molecule has 0 heterocycles. The smallest absolute Gasteiger partial charge is 0.264 e. The van der Waals surface area contributed by atoms with Crippen LogP contribution in [-0.4, -0.2) is 50.9 Å². The monoisotopic (exact) mass is 697 g/mol. The second-order valence-electron chi connectivity index (χ2n) is 9.33. The number of hydrogen-bond donors (Lipinski definition) is 1. The summed E-state index contributed by atoms with van der Waals surface area (Å²) in [5, 5.41) is 3.51. The van der Waals surface area contributed by atoms with Crippen molar-refractivity contribution >= 4 is 66.7 Å². The first-order valence-corrected chi connectivity index (χ1v) is 16.5. The number of rotatable bonds is 14. The van der Waals surface area contributed by atoms with Crippen molar-refractivity contribution in [3.63, 3.8) is 0 Å². The molecule has 8 nitrogen and oxygen atoms in total. The fourth-order valence-electron chi connectivity index (χ4n) is 4.28. The highest BCUT2D eigenvalue weighted by Crippen LogP contribution is 2.30. The van der Waals surface area contributed by atoms with Crippen LogP contribution >= 0.6 is 39.1 Å². The molecular weight excluding hydrogens is 665 g/mol. The molecule has 3 rings (SSSR count). The van der Waals surface area contributed by atoms with Crippen molar-refractivity contribution in [2.24, 2.45) is 0 Å². The van der Waals surface area contributed by atoms with Crippen LogP contribution in [0.1, 0.15) is 39.2 Å². The Morgan fingerprint density at radius 2 is 1.57 bits per heavy atom. The third-order valence-electron chi connectivity index (χ3n) is 6.44. The van der Waals surface area contributed by atoms with E-state index in [1.165, 1.54) is 17.0 Å². The van der Waals surface area contributed by atoms with E-state index in [1.807, 2.05) is 13.8 Å². The van der Waals surface area contributed by atoms with Crippen molar-refractivity contribution in [3.8, 4) is 5.75 Å². The number of carbonyl (C=O) groups excluding carboxylic acids is 2. The molecule has 0 aliphatic rings. The van der Waals surface area contributed by atoms with Gasteiger partial charge in [-0.05, 0) is 80.4 Å². The molecule has 0 unspecified atom stereocenters. The predicted octanol–water partition coefficient (Wildman–Crippen LogP) is 6.68. The Kier molecular flexibility index (Phi) is 12.5. The Morgan fingerprint density at radius 1 is 0.952 bits per heavy atom. The van der Waals surface area contributed by atoms with Crippen LogP contribution in [0.3, 0.4) is 0 Å². The number of anilines is 1. The van der Waals surface area contributed by atoms with Crippen molar-refractivity contribution in [2.45, 2.75) is 51.1 Å². The van der Waals surface area contributed by atoms with Crippen LogP contribution in [0.4, 0.5) is 5.69 Å². The van der Waals surface area contributed by atoms with Crippen LogP contribution in [0.15, 0.2) is 76.1 Å². The molecule has 0 saturated heterocycles. The summed E-state index contributed by atoms with van der Waals surface area (Å²) < 4.78 is 35.2. The van der Waals surface area contributed by atoms with E-state index in [1.54, 1.807) is 61.5 Å². The molecule has 0 aliphatic heterocycles. The molecule has 0 fully saturated rings. The van der Waals surface area contributed by atoms with Crippen LogP contribution in [0.5, 0.6) is 5.75 Å². The van der Waals surface area contributed by atoms with Crippen LogP contribution in [0, 0.1) is 0 Å². The van der Waals surface area contributed by atoms with Gasteiger partial charge >= 0.3 is 0 Å².